The zero-order chi connectivity index (χ0) is 13.4. The van der Waals surface area contributed by atoms with Crippen molar-refractivity contribution in [1.82, 2.24) is 4.57 Å². The zero-order valence-electron chi connectivity index (χ0n) is 10.9. The predicted molar refractivity (Wildman–Crippen MR) is 74.6 cm³/mol. The Bertz CT molecular complexity index is 643. The number of benzene rings is 1. The molecule has 0 saturated heterocycles. The maximum absolute atomic E-state index is 11.4. The molecule has 1 aliphatic rings. The lowest BCUT2D eigenvalue weighted by Crippen LogP contribution is -2.15. The van der Waals surface area contributed by atoms with Gasteiger partial charge >= 0.3 is 5.97 Å². The summed E-state index contributed by atoms with van der Waals surface area (Å²) in [5.74, 6) is -0.862. The summed E-state index contributed by atoms with van der Waals surface area (Å²) in [6, 6.07) is 5.57. The van der Waals surface area contributed by atoms with Crippen molar-refractivity contribution in [2.45, 2.75) is 32.2 Å². The van der Waals surface area contributed by atoms with Crippen molar-refractivity contribution >= 4 is 16.9 Å². The minimum atomic E-state index is -0.862. The molecule has 19 heavy (non-hydrogen) atoms. The number of para-hydroxylation sites is 1. The molecule has 0 amide bonds. The number of hydrogen-bond acceptors (Lipinski definition) is 2. The molecule has 0 spiro atoms. The fourth-order valence-corrected chi connectivity index (χ4v) is 3.24. The molecule has 1 aliphatic carbocycles. The van der Waals surface area contributed by atoms with Crippen LogP contribution in [-0.2, 0) is 19.4 Å². The Morgan fingerprint density at radius 1 is 1.32 bits per heavy atom. The summed E-state index contributed by atoms with van der Waals surface area (Å²) >= 11 is 0. The fraction of sp³-hybridized carbons (Fsp3) is 0.400. The fourth-order valence-electron chi connectivity index (χ4n) is 3.24. The number of nitrogens with zero attached hydrogens (tertiary/aromatic N) is 1. The largest absolute Gasteiger partial charge is 0.478 e. The van der Waals surface area contributed by atoms with Gasteiger partial charge in [-0.1, -0.05) is 12.1 Å². The predicted octanol–water partition coefficient (Wildman–Crippen LogP) is 2.18. The van der Waals surface area contributed by atoms with E-state index in [1.807, 2.05) is 12.1 Å². The van der Waals surface area contributed by atoms with Crippen LogP contribution in [0.2, 0.25) is 0 Å². The number of fused-ring (bicyclic) bond motifs is 3. The highest BCUT2D eigenvalue weighted by Gasteiger charge is 2.22. The van der Waals surface area contributed by atoms with E-state index in [9.17, 15) is 9.90 Å². The highest BCUT2D eigenvalue weighted by Crippen LogP contribution is 2.33. The number of aromatic carboxylic acids is 1. The first-order chi connectivity index (χ1) is 9.24. The van der Waals surface area contributed by atoms with Crippen molar-refractivity contribution in [3.63, 3.8) is 0 Å². The van der Waals surface area contributed by atoms with Gasteiger partial charge in [0.2, 0.25) is 0 Å². The van der Waals surface area contributed by atoms with Crippen LogP contribution in [0.3, 0.4) is 0 Å². The van der Waals surface area contributed by atoms with Gasteiger partial charge in [-0.25, -0.2) is 4.79 Å². The Morgan fingerprint density at radius 3 is 2.84 bits per heavy atom. The third kappa shape index (κ3) is 1.83. The third-order valence-electron chi connectivity index (χ3n) is 3.98. The van der Waals surface area contributed by atoms with E-state index in [0.717, 1.165) is 23.7 Å². The van der Waals surface area contributed by atoms with E-state index in [-0.39, 0.29) is 0 Å². The summed E-state index contributed by atoms with van der Waals surface area (Å²) in [6.07, 6.45) is 4.44. The van der Waals surface area contributed by atoms with Gasteiger partial charge < -0.3 is 15.4 Å². The lowest BCUT2D eigenvalue weighted by atomic mass is 9.95. The molecular formula is C15H18N2O2. The Balaban J connectivity index is 2.36. The Kier molecular flexibility index (Phi) is 3.03. The lowest BCUT2D eigenvalue weighted by Gasteiger charge is -2.15. The van der Waals surface area contributed by atoms with Crippen LogP contribution in [0.5, 0.6) is 0 Å². The molecule has 3 rings (SSSR count). The van der Waals surface area contributed by atoms with Gasteiger partial charge in [-0.2, -0.15) is 0 Å². The van der Waals surface area contributed by atoms with Crippen molar-refractivity contribution in [2.24, 2.45) is 5.73 Å². The maximum Gasteiger partial charge on any atom is 0.337 e. The first-order valence-electron chi connectivity index (χ1n) is 6.80. The van der Waals surface area contributed by atoms with E-state index >= 15 is 0 Å². The summed E-state index contributed by atoms with van der Waals surface area (Å²) in [7, 11) is 0. The highest BCUT2D eigenvalue weighted by molar-refractivity contribution is 6.04. The second kappa shape index (κ2) is 4.70. The van der Waals surface area contributed by atoms with E-state index in [4.69, 9.17) is 5.73 Å². The van der Waals surface area contributed by atoms with E-state index < -0.39 is 5.97 Å². The smallest absolute Gasteiger partial charge is 0.337 e. The molecule has 0 fully saturated rings. The van der Waals surface area contributed by atoms with Crippen LogP contribution >= 0.6 is 0 Å². The number of nitrogens with two attached hydrogens (primary N) is 1. The van der Waals surface area contributed by atoms with E-state index in [1.165, 1.54) is 24.1 Å². The molecule has 4 nitrogen and oxygen atoms in total. The first-order valence-corrected chi connectivity index (χ1v) is 6.80. The SMILES string of the molecule is NCCn1c2c(c3cccc(C(=O)O)c31)CCCC2. The molecule has 1 heterocycles. The number of carboxylic acids is 1. The number of carbonyl (C=O) groups is 1. The molecule has 0 radical (unpaired) electrons. The van der Waals surface area contributed by atoms with E-state index in [1.54, 1.807) is 6.07 Å². The van der Waals surface area contributed by atoms with Crippen molar-refractivity contribution in [3.05, 3.63) is 35.0 Å². The molecular weight excluding hydrogens is 240 g/mol. The topological polar surface area (TPSA) is 68.2 Å². The van der Waals surface area contributed by atoms with Crippen LogP contribution < -0.4 is 5.73 Å². The summed E-state index contributed by atoms with van der Waals surface area (Å²) < 4.78 is 2.13. The maximum atomic E-state index is 11.4. The molecule has 2 aromatic rings. The third-order valence-corrected chi connectivity index (χ3v) is 3.98. The minimum Gasteiger partial charge on any atom is -0.478 e. The highest BCUT2D eigenvalue weighted by atomic mass is 16.4. The minimum absolute atomic E-state index is 0.389. The molecule has 0 unspecified atom stereocenters. The molecule has 100 valence electrons. The van der Waals surface area contributed by atoms with Crippen LogP contribution in [0.15, 0.2) is 18.2 Å². The van der Waals surface area contributed by atoms with Gasteiger partial charge in [-0.05, 0) is 37.3 Å². The molecule has 0 bridgehead atoms. The molecule has 3 N–H and O–H groups in total. The van der Waals surface area contributed by atoms with E-state index in [0.29, 0.717) is 18.7 Å². The number of aromatic nitrogens is 1. The standard InChI is InChI=1S/C15H18N2O2/c16-8-9-17-13-7-2-1-4-10(13)11-5-3-6-12(14(11)17)15(18)19/h3,5-6H,1-2,4,7-9,16H2,(H,18,19). The van der Waals surface area contributed by atoms with Crippen LogP contribution in [-0.4, -0.2) is 22.2 Å². The second-order valence-electron chi connectivity index (χ2n) is 5.08. The van der Waals surface area contributed by atoms with Crippen molar-refractivity contribution in [2.75, 3.05) is 6.54 Å². The number of rotatable bonds is 3. The molecule has 1 aromatic heterocycles. The van der Waals surface area contributed by atoms with Crippen molar-refractivity contribution in [1.29, 1.82) is 0 Å². The van der Waals surface area contributed by atoms with Gasteiger partial charge in [-0.3, -0.25) is 0 Å². The van der Waals surface area contributed by atoms with Crippen LogP contribution in [0, 0.1) is 0 Å². The number of hydrogen-bond donors (Lipinski definition) is 2. The average Bonchev–Trinajstić information content (AvgIpc) is 2.74. The Morgan fingerprint density at radius 2 is 2.11 bits per heavy atom. The van der Waals surface area contributed by atoms with Crippen LogP contribution in [0.25, 0.3) is 10.9 Å². The second-order valence-corrected chi connectivity index (χ2v) is 5.08. The summed E-state index contributed by atoms with van der Waals surface area (Å²) in [4.78, 5) is 11.4. The van der Waals surface area contributed by atoms with Crippen molar-refractivity contribution < 1.29 is 9.90 Å². The normalized spacial score (nSPS) is 14.6. The average molecular weight is 258 g/mol. The quantitative estimate of drug-likeness (QED) is 0.886. The van der Waals surface area contributed by atoms with Gasteiger partial charge in [0.1, 0.15) is 0 Å². The number of carboxylic acid groups (broad SMARTS) is 1. The van der Waals surface area contributed by atoms with Crippen LogP contribution in [0.1, 0.15) is 34.5 Å². The molecule has 0 atom stereocenters. The zero-order valence-corrected chi connectivity index (χ0v) is 10.9. The van der Waals surface area contributed by atoms with Gasteiger partial charge in [0.15, 0.2) is 0 Å². The summed E-state index contributed by atoms with van der Waals surface area (Å²) in [6.45, 7) is 1.22. The Hall–Kier alpha value is -1.81. The molecule has 1 aromatic carbocycles. The van der Waals surface area contributed by atoms with Crippen LogP contribution in [0.4, 0.5) is 0 Å². The number of aryl methyl sites for hydroxylation is 1. The first kappa shape index (κ1) is 12.2. The van der Waals surface area contributed by atoms with Gasteiger partial charge in [0.05, 0.1) is 11.1 Å². The van der Waals surface area contributed by atoms with Gasteiger partial charge in [0, 0.05) is 24.2 Å². The molecule has 0 saturated carbocycles. The molecule has 0 aliphatic heterocycles. The van der Waals surface area contributed by atoms with E-state index in [2.05, 4.69) is 4.57 Å². The van der Waals surface area contributed by atoms with Gasteiger partial charge in [0.25, 0.3) is 0 Å². The molecule has 4 heteroatoms. The summed E-state index contributed by atoms with van der Waals surface area (Å²) in [5, 5.41) is 10.5. The Labute approximate surface area is 111 Å². The van der Waals surface area contributed by atoms with Crippen molar-refractivity contribution in [3.8, 4) is 0 Å². The monoisotopic (exact) mass is 258 g/mol. The van der Waals surface area contributed by atoms with Gasteiger partial charge in [-0.15, -0.1) is 0 Å². The summed E-state index contributed by atoms with van der Waals surface area (Å²) in [5.41, 5.74) is 9.57. The lowest BCUT2D eigenvalue weighted by molar-refractivity contribution is 0.0698.